The van der Waals surface area contributed by atoms with Crippen molar-refractivity contribution in [2.75, 3.05) is 12.4 Å². The van der Waals surface area contributed by atoms with E-state index in [-0.39, 0.29) is 0 Å². The molecule has 2 rings (SSSR count). The molecule has 1 fully saturated rings. The normalized spacial score (nSPS) is 16.4. The molecular formula is C15H24IN3S. The SMILES string of the molecule is CCCc1nc(CSC2CCCCC2)nc(NC)c1I. The van der Waals surface area contributed by atoms with Crippen LogP contribution in [0.15, 0.2) is 0 Å². The zero-order valence-electron chi connectivity index (χ0n) is 12.4. The molecule has 1 aliphatic rings. The van der Waals surface area contributed by atoms with Crippen molar-refractivity contribution < 1.29 is 0 Å². The Balaban J connectivity index is 2.04. The lowest BCUT2D eigenvalue weighted by Gasteiger charge is -2.20. The monoisotopic (exact) mass is 405 g/mol. The second-order valence-electron chi connectivity index (χ2n) is 5.32. The maximum absolute atomic E-state index is 4.78. The van der Waals surface area contributed by atoms with Crippen LogP contribution in [0, 0.1) is 3.57 Å². The molecule has 0 spiro atoms. The summed E-state index contributed by atoms with van der Waals surface area (Å²) in [5, 5.41) is 4.02. The molecule has 3 nitrogen and oxygen atoms in total. The van der Waals surface area contributed by atoms with Crippen molar-refractivity contribution in [3.8, 4) is 0 Å². The highest BCUT2D eigenvalue weighted by Crippen LogP contribution is 2.30. The van der Waals surface area contributed by atoms with Crippen LogP contribution in [0.4, 0.5) is 5.82 Å². The second-order valence-corrected chi connectivity index (χ2v) is 7.69. The standard InChI is InChI=1S/C15H24IN3S/c1-3-7-12-14(16)15(17-2)19-13(18-12)10-20-11-8-5-4-6-9-11/h11H,3-10H2,1-2H3,(H,17,18,19). The third-order valence-corrected chi connectivity index (χ3v) is 6.19. The molecule has 0 bridgehead atoms. The molecule has 1 saturated carbocycles. The summed E-state index contributed by atoms with van der Waals surface area (Å²) in [6.45, 7) is 2.20. The molecule has 1 aliphatic carbocycles. The van der Waals surface area contributed by atoms with E-state index in [0.717, 1.165) is 35.5 Å². The number of hydrogen-bond donors (Lipinski definition) is 1. The van der Waals surface area contributed by atoms with Crippen molar-refractivity contribution in [1.29, 1.82) is 0 Å². The Morgan fingerprint density at radius 2 is 2.00 bits per heavy atom. The Morgan fingerprint density at radius 1 is 1.25 bits per heavy atom. The molecule has 0 atom stereocenters. The third kappa shape index (κ3) is 4.48. The van der Waals surface area contributed by atoms with Gasteiger partial charge in [-0.15, -0.1) is 0 Å². The van der Waals surface area contributed by atoms with E-state index >= 15 is 0 Å². The van der Waals surface area contributed by atoms with Gasteiger partial charge in [-0.3, -0.25) is 0 Å². The largest absolute Gasteiger partial charge is 0.372 e. The summed E-state index contributed by atoms with van der Waals surface area (Å²) in [5.41, 5.74) is 1.20. The molecule has 1 heterocycles. The molecule has 1 aromatic rings. The quantitative estimate of drug-likeness (QED) is 0.700. The van der Waals surface area contributed by atoms with Crippen molar-refractivity contribution in [3.63, 3.8) is 0 Å². The molecule has 0 amide bonds. The smallest absolute Gasteiger partial charge is 0.143 e. The van der Waals surface area contributed by atoms with Crippen LogP contribution in [0.25, 0.3) is 0 Å². The highest BCUT2D eigenvalue weighted by atomic mass is 127. The molecule has 0 aliphatic heterocycles. The van der Waals surface area contributed by atoms with Gasteiger partial charge in [-0.1, -0.05) is 32.6 Å². The average Bonchev–Trinajstić information content (AvgIpc) is 2.49. The fourth-order valence-corrected chi connectivity index (χ4v) is 4.56. The van der Waals surface area contributed by atoms with Crippen LogP contribution in [-0.2, 0) is 12.2 Å². The van der Waals surface area contributed by atoms with Crippen molar-refractivity contribution in [2.24, 2.45) is 0 Å². The summed E-state index contributed by atoms with van der Waals surface area (Å²) in [6, 6.07) is 0. The Morgan fingerprint density at radius 3 is 2.65 bits per heavy atom. The van der Waals surface area contributed by atoms with Crippen molar-refractivity contribution in [1.82, 2.24) is 9.97 Å². The van der Waals surface area contributed by atoms with Gasteiger partial charge in [-0.05, 0) is 41.9 Å². The molecule has 5 heteroatoms. The number of hydrogen-bond acceptors (Lipinski definition) is 4. The Kier molecular flexibility index (Phi) is 6.87. The summed E-state index contributed by atoms with van der Waals surface area (Å²) in [4.78, 5) is 9.44. The molecule has 112 valence electrons. The number of anilines is 1. The van der Waals surface area contributed by atoms with Crippen LogP contribution in [0.5, 0.6) is 0 Å². The van der Waals surface area contributed by atoms with E-state index < -0.39 is 0 Å². The van der Waals surface area contributed by atoms with E-state index in [9.17, 15) is 0 Å². The van der Waals surface area contributed by atoms with E-state index in [1.165, 1.54) is 41.4 Å². The van der Waals surface area contributed by atoms with Gasteiger partial charge < -0.3 is 5.32 Å². The minimum atomic E-state index is 0.819. The van der Waals surface area contributed by atoms with E-state index in [2.05, 4.69) is 39.8 Å². The number of aromatic nitrogens is 2. The Labute approximate surface area is 140 Å². The first kappa shape index (κ1) is 16.3. The molecule has 0 aromatic carbocycles. The predicted octanol–water partition coefficient (Wildman–Crippen LogP) is 4.64. The number of nitrogens with one attached hydrogen (secondary N) is 1. The molecule has 0 saturated heterocycles. The van der Waals surface area contributed by atoms with Crippen LogP contribution in [-0.4, -0.2) is 22.3 Å². The lowest BCUT2D eigenvalue weighted by Crippen LogP contribution is -2.11. The predicted molar refractivity (Wildman–Crippen MR) is 96.5 cm³/mol. The number of nitrogens with zero attached hydrogens (tertiary/aromatic N) is 2. The zero-order valence-corrected chi connectivity index (χ0v) is 15.4. The highest BCUT2D eigenvalue weighted by molar-refractivity contribution is 14.1. The first-order valence-electron chi connectivity index (χ1n) is 7.59. The van der Waals surface area contributed by atoms with Crippen LogP contribution in [0.1, 0.15) is 57.0 Å². The minimum absolute atomic E-state index is 0.819. The maximum Gasteiger partial charge on any atom is 0.143 e. The Bertz CT molecular complexity index is 433. The second kappa shape index (κ2) is 8.41. The molecular weight excluding hydrogens is 381 g/mol. The van der Waals surface area contributed by atoms with Crippen molar-refractivity contribution in [2.45, 2.75) is 62.9 Å². The highest BCUT2D eigenvalue weighted by Gasteiger charge is 2.16. The molecule has 0 unspecified atom stereocenters. The lowest BCUT2D eigenvalue weighted by atomic mass is 10.0. The topological polar surface area (TPSA) is 37.8 Å². The summed E-state index contributed by atoms with van der Waals surface area (Å²) < 4.78 is 1.18. The van der Waals surface area contributed by atoms with Crippen molar-refractivity contribution in [3.05, 3.63) is 15.1 Å². The van der Waals surface area contributed by atoms with Gasteiger partial charge in [0.25, 0.3) is 0 Å². The number of thioether (sulfide) groups is 1. The lowest BCUT2D eigenvalue weighted by molar-refractivity contribution is 0.516. The van der Waals surface area contributed by atoms with Crippen LogP contribution >= 0.6 is 34.4 Å². The minimum Gasteiger partial charge on any atom is -0.372 e. The van der Waals surface area contributed by atoms with Crippen LogP contribution < -0.4 is 5.32 Å². The Hall–Kier alpha value is -0.0400. The van der Waals surface area contributed by atoms with Gasteiger partial charge in [0.2, 0.25) is 0 Å². The maximum atomic E-state index is 4.78. The molecule has 0 radical (unpaired) electrons. The molecule has 1 aromatic heterocycles. The van der Waals surface area contributed by atoms with Gasteiger partial charge in [0.05, 0.1) is 15.0 Å². The average molecular weight is 405 g/mol. The van der Waals surface area contributed by atoms with E-state index in [1.54, 1.807) is 0 Å². The molecule has 20 heavy (non-hydrogen) atoms. The fourth-order valence-electron chi connectivity index (χ4n) is 2.60. The summed E-state index contributed by atoms with van der Waals surface area (Å²) in [5.74, 6) is 2.93. The van der Waals surface area contributed by atoms with E-state index in [4.69, 9.17) is 4.98 Å². The summed E-state index contributed by atoms with van der Waals surface area (Å²) in [6.07, 6.45) is 9.12. The summed E-state index contributed by atoms with van der Waals surface area (Å²) >= 11 is 4.41. The first-order valence-corrected chi connectivity index (χ1v) is 9.72. The zero-order chi connectivity index (χ0) is 14.4. The van der Waals surface area contributed by atoms with Gasteiger partial charge in [-0.25, -0.2) is 9.97 Å². The van der Waals surface area contributed by atoms with E-state index in [0.29, 0.717) is 0 Å². The van der Waals surface area contributed by atoms with Crippen LogP contribution in [0.3, 0.4) is 0 Å². The van der Waals surface area contributed by atoms with Gasteiger partial charge in [0, 0.05) is 12.3 Å². The van der Waals surface area contributed by atoms with Gasteiger partial charge in [-0.2, -0.15) is 11.8 Å². The number of halogens is 1. The first-order chi connectivity index (χ1) is 9.74. The van der Waals surface area contributed by atoms with E-state index in [1.807, 2.05) is 18.8 Å². The van der Waals surface area contributed by atoms with Crippen molar-refractivity contribution >= 4 is 40.2 Å². The third-order valence-electron chi connectivity index (χ3n) is 3.69. The van der Waals surface area contributed by atoms with Gasteiger partial charge in [0.1, 0.15) is 11.6 Å². The van der Waals surface area contributed by atoms with Gasteiger partial charge in [0.15, 0.2) is 0 Å². The fraction of sp³-hybridized carbons (Fsp3) is 0.733. The summed E-state index contributed by atoms with van der Waals surface area (Å²) in [7, 11) is 1.94. The number of aryl methyl sites for hydroxylation is 1. The number of rotatable bonds is 6. The van der Waals surface area contributed by atoms with Crippen LogP contribution in [0.2, 0.25) is 0 Å². The molecule has 1 N–H and O–H groups in total. The van der Waals surface area contributed by atoms with Gasteiger partial charge >= 0.3 is 0 Å².